The fourth-order valence-corrected chi connectivity index (χ4v) is 0.917. The van der Waals surface area contributed by atoms with Gasteiger partial charge in [-0.2, -0.15) is 0 Å². The summed E-state index contributed by atoms with van der Waals surface area (Å²) in [5.74, 6) is -2.05. The zero-order valence-corrected chi connectivity index (χ0v) is 15.1. The van der Waals surface area contributed by atoms with Gasteiger partial charge in [0.1, 0.15) is 26.4 Å². The van der Waals surface area contributed by atoms with Crippen LogP contribution in [0.25, 0.3) is 0 Å². The van der Waals surface area contributed by atoms with E-state index in [0.29, 0.717) is 11.1 Å². The van der Waals surface area contributed by atoms with Gasteiger partial charge in [0.05, 0.1) is 0 Å². The molecule has 0 aliphatic carbocycles. The van der Waals surface area contributed by atoms with Gasteiger partial charge in [0.2, 0.25) is 0 Å². The van der Waals surface area contributed by atoms with Crippen molar-refractivity contribution in [2.24, 2.45) is 0 Å². The average Bonchev–Trinajstić information content (AvgIpc) is 2.61. The van der Waals surface area contributed by atoms with Crippen molar-refractivity contribution in [1.29, 1.82) is 0 Å². The van der Waals surface area contributed by atoms with Crippen molar-refractivity contribution >= 4 is 23.9 Å². The predicted octanol–water partition coefficient (Wildman–Crippen LogP) is 1.67. The van der Waals surface area contributed by atoms with Gasteiger partial charge < -0.3 is 18.9 Å². The van der Waals surface area contributed by atoms with Gasteiger partial charge >= 0.3 is 23.9 Å². The standard InChI is InChI=1S/C10H14O4.C8H10O4/c1-7(2)9(11)13-5-6-14-10(12)8(3)4;1-3-7(9)11-5-6-12-8(10)4-2/h1,3,5-6H2,2,4H3;3-4H,1-2,5-6H2. The molecule has 0 unspecified atom stereocenters. The summed E-state index contributed by atoms with van der Waals surface area (Å²) in [7, 11) is 0. The van der Waals surface area contributed by atoms with Crippen molar-refractivity contribution in [1.82, 2.24) is 0 Å². The van der Waals surface area contributed by atoms with Crippen molar-refractivity contribution < 1.29 is 38.1 Å². The molecule has 0 aliphatic rings. The van der Waals surface area contributed by atoms with Crippen molar-refractivity contribution in [3.63, 3.8) is 0 Å². The zero-order chi connectivity index (χ0) is 20.5. The molecule has 0 saturated carbocycles. The number of carbonyl (C=O) groups is 4. The second-order valence-electron chi connectivity index (χ2n) is 4.58. The summed E-state index contributed by atoms with van der Waals surface area (Å²) in [6.45, 7) is 16.4. The van der Waals surface area contributed by atoms with E-state index < -0.39 is 23.9 Å². The fraction of sp³-hybridized carbons (Fsp3) is 0.333. The number of esters is 4. The molecule has 0 amide bonds. The van der Waals surface area contributed by atoms with Gasteiger partial charge in [-0.25, -0.2) is 19.2 Å². The van der Waals surface area contributed by atoms with Crippen LogP contribution in [-0.2, 0) is 38.1 Å². The summed E-state index contributed by atoms with van der Waals surface area (Å²) < 4.78 is 18.4. The van der Waals surface area contributed by atoms with Crippen LogP contribution in [0.2, 0.25) is 0 Å². The minimum Gasteiger partial charge on any atom is -0.459 e. The van der Waals surface area contributed by atoms with Crippen LogP contribution in [0.5, 0.6) is 0 Å². The first-order valence-corrected chi connectivity index (χ1v) is 7.39. The molecule has 0 atom stereocenters. The van der Waals surface area contributed by atoms with E-state index in [1.807, 2.05) is 0 Å². The summed E-state index contributed by atoms with van der Waals surface area (Å²) in [4.78, 5) is 42.5. The van der Waals surface area contributed by atoms with Crippen molar-refractivity contribution in [3.8, 4) is 0 Å². The summed E-state index contributed by atoms with van der Waals surface area (Å²) in [5, 5.41) is 0. The van der Waals surface area contributed by atoms with E-state index in [0.717, 1.165) is 12.2 Å². The van der Waals surface area contributed by atoms with Crippen molar-refractivity contribution in [2.45, 2.75) is 13.8 Å². The van der Waals surface area contributed by atoms with Crippen molar-refractivity contribution in [2.75, 3.05) is 26.4 Å². The molecule has 0 heterocycles. The molecule has 0 fully saturated rings. The third kappa shape index (κ3) is 15.7. The first kappa shape index (κ1) is 25.1. The molecule has 0 N–H and O–H groups in total. The molecule has 0 spiro atoms. The number of ether oxygens (including phenoxy) is 4. The minimum absolute atomic E-state index is 0.0322. The van der Waals surface area contributed by atoms with Gasteiger partial charge in [-0.15, -0.1) is 0 Å². The Morgan fingerprint density at radius 1 is 0.654 bits per heavy atom. The predicted molar refractivity (Wildman–Crippen MR) is 93.9 cm³/mol. The lowest BCUT2D eigenvalue weighted by Gasteiger charge is -2.05. The molecule has 0 aromatic carbocycles. The van der Waals surface area contributed by atoms with Crippen LogP contribution in [0.1, 0.15) is 13.8 Å². The highest BCUT2D eigenvalue weighted by atomic mass is 16.6. The zero-order valence-electron chi connectivity index (χ0n) is 15.1. The third-order valence-corrected chi connectivity index (χ3v) is 2.15. The van der Waals surface area contributed by atoms with E-state index in [9.17, 15) is 19.2 Å². The molecule has 0 aliphatic heterocycles. The number of hydrogen-bond acceptors (Lipinski definition) is 8. The molecule has 26 heavy (non-hydrogen) atoms. The lowest BCUT2D eigenvalue weighted by Crippen LogP contribution is -2.14. The molecular formula is C18H24O8. The SMILES string of the molecule is C=C(C)C(=O)OCCOC(=O)C(=C)C.C=CC(=O)OCCOC(=O)C=C. The normalized spacial score (nSPS) is 8.69. The van der Waals surface area contributed by atoms with Crippen LogP contribution in [0, 0.1) is 0 Å². The molecule has 0 aromatic heterocycles. The monoisotopic (exact) mass is 368 g/mol. The van der Waals surface area contributed by atoms with Crippen LogP contribution in [0.3, 0.4) is 0 Å². The highest BCUT2D eigenvalue weighted by molar-refractivity contribution is 5.87. The minimum atomic E-state index is -0.537. The summed E-state index contributed by atoms with van der Waals surface area (Å²) in [6, 6.07) is 0. The summed E-state index contributed by atoms with van der Waals surface area (Å²) >= 11 is 0. The molecular weight excluding hydrogens is 344 g/mol. The summed E-state index contributed by atoms with van der Waals surface area (Å²) in [6.07, 6.45) is 2.07. The topological polar surface area (TPSA) is 105 Å². The Hall–Kier alpha value is -3.16. The largest absolute Gasteiger partial charge is 0.459 e. The van der Waals surface area contributed by atoms with E-state index in [-0.39, 0.29) is 26.4 Å². The van der Waals surface area contributed by atoms with Crippen LogP contribution >= 0.6 is 0 Å². The second-order valence-corrected chi connectivity index (χ2v) is 4.58. The Bertz CT molecular complexity index is 510. The van der Waals surface area contributed by atoms with E-state index in [1.165, 1.54) is 0 Å². The average molecular weight is 368 g/mol. The third-order valence-electron chi connectivity index (χ3n) is 2.15. The Kier molecular flexibility index (Phi) is 14.8. The lowest BCUT2D eigenvalue weighted by atomic mass is 10.4. The number of hydrogen-bond donors (Lipinski definition) is 0. The van der Waals surface area contributed by atoms with Gasteiger partial charge in [0.25, 0.3) is 0 Å². The molecule has 0 aromatic rings. The molecule has 144 valence electrons. The van der Waals surface area contributed by atoms with Gasteiger partial charge in [0, 0.05) is 23.3 Å². The Labute approximate surface area is 152 Å². The molecule has 8 heteroatoms. The van der Waals surface area contributed by atoms with E-state index in [2.05, 4.69) is 45.3 Å². The van der Waals surface area contributed by atoms with Crippen LogP contribution in [0.4, 0.5) is 0 Å². The van der Waals surface area contributed by atoms with Gasteiger partial charge in [-0.1, -0.05) is 26.3 Å². The van der Waals surface area contributed by atoms with Crippen molar-refractivity contribution in [3.05, 3.63) is 49.6 Å². The van der Waals surface area contributed by atoms with E-state index in [4.69, 9.17) is 0 Å². The van der Waals surface area contributed by atoms with E-state index >= 15 is 0 Å². The first-order chi connectivity index (χ1) is 12.1. The first-order valence-electron chi connectivity index (χ1n) is 7.39. The molecule has 0 bridgehead atoms. The van der Waals surface area contributed by atoms with E-state index in [1.54, 1.807) is 13.8 Å². The number of rotatable bonds is 10. The van der Waals surface area contributed by atoms with Crippen LogP contribution < -0.4 is 0 Å². The maximum atomic E-state index is 10.8. The highest BCUT2D eigenvalue weighted by Gasteiger charge is 2.05. The Morgan fingerprint density at radius 3 is 1.15 bits per heavy atom. The summed E-state index contributed by atoms with van der Waals surface area (Å²) in [5.41, 5.74) is 0.632. The molecule has 0 saturated heterocycles. The highest BCUT2D eigenvalue weighted by Crippen LogP contribution is 1.94. The maximum absolute atomic E-state index is 10.8. The molecule has 0 rings (SSSR count). The van der Waals surface area contributed by atoms with Gasteiger partial charge in [-0.05, 0) is 13.8 Å². The Balaban J connectivity index is 0. The van der Waals surface area contributed by atoms with Gasteiger partial charge in [0.15, 0.2) is 0 Å². The van der Waals surface area contributed by atoms with Gasteiger partial charge in [-0.3, -0.25) is 0 Å². The maximum Gasteiger partial charge on any atom is 0.333 e. The second kappa shape index (κ2) is 15.4. The fourth-order valence-electron chi connectivity index (χ4n) is 0.917. The molecule has 8 nitrogen and oxygen atoms in total. The Morgan fingerprint density at radius 2 is 0.923 bits per heavy atom. The van der Waals surface area contributed by atoms with Crippen LogP contribution in [-0.4, -0.2) is 50.3 Å². The van der Waals surface area contributed by atoms with Crippen LogP contribution in [0.15, 0.2) is 49.6 Å². The number of carbonyl (C=O) groups excluding carboxylic acids is 4. The molecule has 0 radical (unpaired) electrons. The lowest BCUT2D eigenvalue weighted by molar-refractivity contribution is -0.147. The smallest absolute Gasteiger partial charge is 0.333 e. The quantitative estimate of drug-likeness (QED) is 0.248.